The number of hydrogen-bond donors (Lipinski definition) is 1. The second kappa shape index (κ2) is 6.90. The van der Waals surface area contributed by atoms with Crippen LogP contribution in [0.1, 0.15) is 24.0 Å². The van der Waals surface area contributed by atoms with Crippen molar-refractivity contribution in [3.8, 4) is 11.8 Å². The molecule has 5 aromatic rings. The van der Waals surface area contributed by atoms with Crippen LogP contribution in [0.3, 0.4) is 0 Å². The Morgan fingerprint density at radius 3 is 2.47 bits per heavy atom. The predicted octanol–water partition coefficient (Wildman–Crippen LogP) is 6.19. The van der Waals surface area contributed by atoms with Crippen molar-refractivity contribution in [2.45, 2.75) is 19.4 Å². The Morgan fingerprint density at radius 2 is 1.66 bits per heavy atom. The van der Waals surface area contributed by atoms with E-state index in [1.165, 1.54) is 21.8 Å². The molecule has 4 heteroatoms. The van der Waals surface area contributed by atoms with Gasteiger partial charge < -0.3 is 15.0 Å². The number of nitriles is 1. The lowest BCUT2D eigenvalue weighted by molar-refractivity contribution is 0.395. The summed E-state index contributed by atoms with van der Waals surface area (Å²) in [6.45, 7) is 3.06. The van der Waals surface area contributed by atoms with Gasteiger partial charge in [-0.1, -0.05) is 54.6 Å². The molecule has 0 fully saturated rings. The van der Waals surface area contributed by atoms with E-state index in [2.05, 4.69) is 72.2 Å². The molecular formula is C28H21N3O. The van der Waals surface area contributed by atoms with Crippen LogP contribution in [-0.2, 0) is 6.54 Å². The number of hydrogen-bond acceptors (Lipinski definition) is 3. The Labute approximate surface area is 185 Å². The fourth-order valence-corrected chi connectivity index (χ4v) is 5.17. The van der Waals surface area contributed by atoms with Gasteiger partial charge in [0.05, 0.1) is 5.92 Å². The van der Waals surface area contributed by atoms with E-state index < -0.39 is 0 Å². The zero-order valence-electron chi connectivity index (χ0n) is 17.7. The molecule has 4 aromatic carbocycles. The van der Waals surface area contributed by atoms with Gasteiger partial charge >= 0.3 is 0 Å². The van der Waals surface area contributed by atoms with Gasteiger partial charge in [0.15, 0.2) is 0 Å². The number of fused-ring (bicyclic) bond motifs is 6. The summed E-state index contributed by atoms with van der Waals surface area (Å²) in [7, 11) is 0. The SMILES string of the molecule is CCn1c2ccccc2c2cc([C@H]3C(C#N)=C(N)Oc4ccc5ccccc5c43)ccc21. The summed E-state index contributed by atoms with van der Waals surface area (Å²) in [5.74, 6) is 0.598. The third kappa shape index (κ3) is 2.48. The van der Waals surface area contributed by atoms with Crippen molar-refractivity contribution in [1.29, 1.82) is 5.26 Å². The van der Waals surface area contributed by atoms with Crippen molar-refractivity contribution < 1.29 is 4.74 Å². The van der Waals surface area contributed by atoms with Crippen molar-refractivity contribution in [1.82, 2.24) is 4.57 Å². The minimum Gasteiger partial charge on any atom is -0.440 e. The number of nitrogens with zero attached hydrogens (tertiary/aromatic N) is 2. The predicted molar refractivity (Wildman–Crippen MR) is 128 cm³/mol. The monoisotopic (exact) mass is 415 g/mol. The van der Waals surface area contributed by atoms with Crippen LogP contribution in [0.4, 0.5) is 0 Å². The van der Waals surface area contributed by atoms with Crippen LogP contribution < -0.4 is 10.5 Å². The third-order valence-electron chi connectivity index (χ3n) is 6.56. The van der Waals surface area contributed by atoms with Crippen LogP contribution in [-0.4, -0.2) is 4.57 Å². The van der Waals surface area contributed by atoms with Gasteiger partial charge in [-0.3, -0.25) is 0 Å². The molecule has 0 unspecified atom stereocenters. The van der Waals surface area contributed by atoms with Crippen molar-refractivity contribution in [3.05, 3.63) is 101 Å². The van der Waals surface area contributed by atoms with Crippen LogP contribution in [0, 0.1) is 11.3 Å². The zero-order valence-corrected chi connectivity index (χ0v) is 17.7. The van der Waals surface area contributed by atoms with E-state index in [1.807, 2.05) is 24.3 Å². The quantitative estimate of drug-likeness (QED) is 0.374. The first-order valence-corrected chi connectivity index (χ1v) is 10.8. The van der Waals surface area contributed by atoms with Gasteiger partial charge in [0.1, 0.15) is 17.4 Å². The average Bonchev–Trinajstić information content (AvgIpc) is 3.16. The van der Waals surface area contributed by atoms with Crippen molar-refractivity contribution >= 4 is 32.6 Å². The maximum absolute atomic E-state index is 10.0. The molecule has 2 heterocycles. The van der Waals surface area contributed by atoms with Crippen LogP contribution in [0.15, 0.2) is 90.3 Å². The highest BCUT2D eigenvalue weighted by Gasteiger charge is 2.32. The lowest BCUT2D eigenvalue weighted by Gasteiger charge is -2.28. The van der Waals surface area contributed by atoms with Crippen molar-refractivity contribution in [3.63, 3.8) is 0 Å². The fourth-order valence-electron chi connectivity index (χ4n) is 5.17. The molecule has 32 heavy (non-hydrogen) atoms. The van der Waals surface area contributed by atoms with Crippen molar-refractivity contribution in [2.24, 2.45) is 5.73 Å². The fraction of sp³-hybridized carbons (Fsp3) is 0.107. The minimum absolute atomic E-state index is 0.177. The largest absolute Gasteiger partial charge is 0.440 e. The molecule has 1 atom stereocenters. The van der Waals surface area contributed by atoms with E-state index in [1.54, 1.807) is 0 Å². The van der Waals surface area contributed by atoms with E-state index >= 15 is 0 Å². The van der Waals surface area contributed by atoms with Gasteiger partial charge in [-0.2, -0.15) is 5.26 Å². The van der Waals surface area contributed by atoms with Crippen LogP contribution in [0.25, 0.3) is 32.6 Å². The summed E-state index contributed by atoms with van der Waals surface area (Å²) in [6.07, 6.45) is 0. The minimum atomic E-state index is -0.289. The molecule has 0 radical (unpaired) electrons. The van der Waals surface area contributed by atoms with E-state index in [4.69, 9.17) is 10.5 Å². The Hall–Kier alpha value is -4.23. The Balaban J connectivity index is 1.68. The van der Waals surface area contributed by atoms with Crippen LogP contribution in [0.2, 0.25) is 0 Å². The maximum Gasteiger partial charge on any atom is 0.205 e. The summed E-state index contributed by atoms with van der Waals surface area (Å²) in [5.41, 5.74) is 11.1. The number of allylic oxidation sites excluding steroid dienone is 1. The second-order valence-corrected chi connectivity index (χ2v) is 8.16. The molecule has 0 amide bonds. The molecule has 154 valence electrons. The Bertz CT molecular complexity index is 1620. The smallest absolute Gasteiger partial charge is 0.205 e. The molecule has 6 rings (SSSR count). The normalized spacial score (nSPS) is 15.7. The van der Waals surface area contributed by atoms with E-state index in [0.717, 1.165) is 28.4 Å². The standard InChI is InChI=1S/C28H21N3O/c1-2-31-23-10-6-5-9-20(23)21-15-18(11-13-24(21)31)26-22(16-29)28(30)32-25-14-12-17-7-3-4-8-19(17)27(25)26/h3-15,26H,2,30H2,1H3/t26-/m0/s1. The third-order valence-corrected chi connectivity index (χ3v) is 6.56. The summed E-state index contributed by atoms with van der Waals surface area (Å²) in [4.78, 5) is 0. The summed E-state index contributed by atoms with van der Waals surface area (Å²) < 4.78 is 8.24. The molecule has 4 nitrogen and oxygen atoms in total. The first kappa shape index (κ1) is 18.5. The second-order valence-electron chi connectivity index (χ2n) is 8.16. The molecule has 1 aliphatic heterocycles. The summed E-state index contributed by atoms with van der Waals surface area (Å²) >= 11 is 0. The van der Waals surface area contributed by atoms with Gasteiger partial charge in [-0.15, -0.1) is 0 Å². The number of aromatic nitrogens is 1. The molecule has 1 aromatic heterocycles. The van der Waals surface area contributed by atoms with E-state index in [-0.39, 0.29) is 11.8 Å². The molecule has 0 bridgehead atoms. The summed E-state index contributed by atoms with van der Waals surface area (Å²) in [5, 5.41) is 14.6. The van der Waals surface area contributed by atoms with Crippen LogP contribution in [0.5, 0.6) is 5.75 Å². The van der Waals surface area contributed by atoms with Gasteiger partial charge in [0.2, 0.25) is 5.88 Å². The number of aryl methyl sites for hydroxylation is 1. The lowest BCUT2D eigenvalue weighted by atomic mass is 9.81. The Morgan fingerprint density at radius 1 is 0.906 bits per heavy atom. The molecular weight excluding hydrogens is 394 g/mol. The van der Waals surface area contributed by atoms with E-state index in [9.17, 15) is 5.26 Å². The van der Waals surface area contributed by atoms with Crippen LogP contribution >= 0.6 is 0 Å². The van der Waals surface area contributed by atoms with Gasteiger partial charge in [0.25, 0.3) is 0 Å². The molecule has 2 N–H and O–H groups in total. The first-order valence-electron chi connectivity index (χ1n) is 10.8. The molecule has 0 saturated carbocycles. The topological polar surface area (TPSA) is 64.0 Å². The average molecular weight is 415 g/mol. The highest BCUT2D eigenvalue weighted by Crippen LogP contribution is 2.46. The Kier molecular flexibility index (Phi) is 3.99. The molecule has 1 aliphatic rings. The molecule has 0 spiro atoms. The van der Waals surface area contributed by atoms with Gasteiger partial charge in [0, 0.05) is 33.9 Å². The number of benzene rings is 4. The highest BCUT2D eigenvalue weighted by atomic mass is 16.5. The maximum atomic E-state index is 10.0. The lowest BCUT2D eigenvalue weighted by Crippen LogP contribution is -2.21. The number of ether oxygens (including phenoxy) is 1. The number of para-hydroxylation sites is 1. The molecule has 0 aliphatic carbocycles. The number of nitrogens with two attached hydrogens (primary N) is 1. The molecule has 0 saturated heterocycles. The van der Waals surface area contributed by atoms with Gasteiger partial charge in [-0.25, -0.2) is 0 Å². The highest BCUT2D eigenvalue weighted by molar-refractivity contribution is 6.08. The summed E-state index contributed by atoms with van der Waals surface area (Å²) in [6, 6.07) is 29.5. The van der Waals surface area contributed by atoms with Gasteiger partial charge in [-0.05, 0) is 47.5 Å². The van der Waals surface area contributed by atoms with Crippen molar-refractivity contribution in [2.75, 3.05) is 0 Å². The number of rotatable bonds is 2. The zero-order chi connectivity index (χ0) is 21.8. The first-order chi connectivity index (χ1) is 15.7. The van der Waals surface area contributed by atoms with E-state index in [0.29, 0.717) is 11.3 Å².